The average Bonchev–Trinajstić information content (AvgIpc) is 2.36. The van der Waals surface area contributed by atoms with E-state index in [1.165, 1.54) is 4.90 Å². The zero-order valence-corrected chi connectivity index (χ0v) is 13.6. The molecule has 0 radical (unpaired) electrons. The molecular weight excluding hydrogens is 264 g/mol. The summed E-state index contributed by atoms with van der Waals surface area (Å²) < 4.78 is 0. The summed E-state index contributed by atoms with van der Waals surface area (Å²) in [5, 5.41) is 10.8. The van der Waals surface area contributed by atoms with Crippen molar-refractivity contribution < 1.29 is 9.90 Å². The van der Waals surface area contributed by atoms with Crippen LogP contribution in [-0.4, -0.2) is 33.3 Å². The Kier molecular flexibility index (Phi) is 4.02. The molecule has 0 bridgehead atoms. The minimum atomic E-state index is -1.19. The third-order valence-corrected chi connectivity index (χ3v) is 4.34. The molecule has 2 amide bonds. The molecule has 1 aromatic carbocycles. The van der Waals surface area contributed by atoms with Crippen molar-refractivity contribution in [2.24, 2.45) is 0 Å². The van der Waals surface area contributed by atoms with Crippen LogP contribution >= 0.6 is 0 Å². The zero-order chi connectivity index (χ0) is 15.8. The first-order valence-electron chi connectivity index (χ1n) is 7.61. The lowest BCUT2D eigenvalue weighted by Crippen LogP contribution is -2.69. The lowest BCUT2D eigenvalue weighted by Gasteiger charge is -2.55. The number of carbonyl (C=O) groups is 1. The maximum absolute atomic E-state index is 13.0. The van der Waals surface area contributed by atoms with Crippen LogP contribution in [-0.2, 0) is 0 Å². The molecule has 116 valence electrons. The second-order valence-corrected chi connectivity index (χ2v) is 6.79. The molecule has 2 atom stereocenters. The van der Waals surface area contributed by atoms with Gasteiger partial charge in [-0.05, 0) is 46.2 Å². The van der Waals surface area contributed by atoms with Crippen LogP contribution in [0, 0.1) is 0 Å². The van der Waals surface area contributed by atoms with E-state index in [9.17, 15) is 9.90 Å². The Labute approximate surface area is 127 Å². The van der Waals surface area contributed by atoms with Gasteiger partial charge in [0.25, 0.3) is 0 Å². The molecular formula is C17H26N2O2. The molecule has 1 heterocycles. The molecule has 1 aliphatic rings. The van der Waals surface area contributed by atoms with Crippen LogP contribution in [0.1, 0.15) is 47.5 Å². The largest absolute Gasteiger partial charge is 0.371 e. The molecule has 1 aliphatic heterocycles. The van der Waals surface area contributed by atoms with E-state index in [-0.39, 0.29) is 17.6 Å². The number of anilines is 1. The fourth-order valence-electron chi connectivity index (χ4n) is 3.49. The van der Waals surface area contributed by atoms with E-state index in [1.807, 2.05) is 49.1 Å². The van der Waals surface area contributed by atoms with E-state index >= 15 is 0 Å². The Morgan fingerprint density at radius 3 is 2.33 bits per heavy atom. The molecule has 1 saturated heterocycles. The molecule has 1 fully saturated rings. The molecule has 0 unspecified atom stereocenters. The highest BCUT2D eigenvalue weighted by atomic mass is 16.3. The molecule has 0 aliphatic carbocycles. The molecule has 0 spiro atoms. The van der Waals surface area contributed by atoms with E-state index in [0.29, 0.717) is 6.42 Å². The maximum Gasteiger partial charge on any atom is 0.327 e. The Balaban J connectivity index is 2.48. The van der Waals surface area contributed by atoms with Gasteiger partial charge in [-0.2, -0.15) is 0 Å². The third kappa shape index (κ3) is 2.77. The zero-order valence-electron chi connectivity index (χ0n) is 13.6. The quantitative estimate of drug-likeness (QED) is 0.924. The van der Waals surface area contributed by atoms with Gasteiger partial charge in [0.15, 0.2) is 0 Å². The SMILES string of the molecule is CC[C@@H](C)N1C(=O)N(c2ccccc2)[C@@](C)(O)CC1(C)C. The van der Waals surface area contributed by atoms with Crippen LogP contribution in [0.5, 0.6) is 0 Å². The van der Waals surface area contributed by atoms with Crippen molar-refractivity contribution in [1.29, 1.82) is 0 Å². The normalized spacial score (nSPS) is 26.9. The van der Waals surface area contributed by atoms with Crippen molar-refractivity contribution in [3.8, 4) is 0 Å². The summed E-state index contributed by atoms with van der Waals surface area (Å²) in [6.45, 7) is 9.89. The molecule has 4 heteroatoms. The van der Waals surface area contributed by atoms with Crippen molar-refractivity contribution in [3.05, 3.63) is 30.3 Å². The lowest BCUT2D eigenvalue weighted by molar-refractivity contribution is -0.0358. The number of amides is 2. The summed E-state index contributed by atoms with van der Waals surface area (Å²) in [5.41, 5.74) is -0.830. The van der Waals surface area contributed by atoms with Crippen molar-refractivity contribution in [1.82, 2.24) is 4.90 Å². The molecule has 21 heavy (non-hydrogen) atoms. The Hall–Kier alpha value is -1.55. The number of urea groups is 1. The van der Waals surface area contributed by atoms with E-state index in [2.05, 4.69) is 13.8 Å². The van der Waals surface area contributed by atoms with E-state index in [0.717, 1.165) is 12.1 Å². The average molecular weight is 290 g/mol. The van der Waals surface area contributed by atoms with Gasteiger partial charge in [0, 0.05) is 23.7 Å². The van der Waals surface area contributed by atoms with Gasteiger partial charge < -0.3 is 10.0 Å². The number of nitrogens with zero attached hydrogens (tertiary/aromatic N) is 2. The lowest BCUT2D eigenvalue weighted by atomic mass is 9.86. The Morgan fingerprint density at radius 2 is 1.81 bits per heavy atom. The highest BCUT2D eigenvalue weighted by Crippen LogP contribution is 2.40. The van der Waals surface area contributed by atoms with Crippen molar-refractivity contribution in [3.63, 3.8) is 0 Å². The van der Waals surface area contributed by atoms with Crippen molar-refractivity contribution >= 4 is 11.7 Å². The first-order chi connectivity index (χ1) is 9.70. The van der Waals surface area contributed by atoms with Crippen LogP contribution in [0.15, 0.2) is 30.3 Å². The van der Waals surface area contributed by atoms with Gasteiger partial charge in [0.05, 0.1) is 0 Å². The topological polar surface area (TPSA) is 43.8 Å². The molecule has 2 rings (SSSR count). The summed E-state index contributed by atoms with van der Waals surface area (Å²) in [6, 6.07) is 9.40. The van der Waals surface area contributed by atoms with Gasteiger partial charge in [-0.1, -0.05) is 25.1 Å². The Morgan fingerprint density at radius 1 is 1.24 bits per heavy atom. The van der Waals surface area contributed by atoms with Gasteiger partial charge in [0.2, 0.25) is 0 Å². The number of hydrogen-bond acceptors (Lipinski definition) is 2. The molecule has 0 saturated carbocycles. The summed E-state index contributed by atoms with van der Waals surface area (Å²) in [6.07, 6.45) is 1.39. The van der Waals surface area contributed by atoms with Gasteiger partial charge in [-0.15, -0.1) is 0 Å². The Bertz CT molecular complexity index is 511. The van der Waals surface area contributed by atoms with Crippen molar-refractivity contribution in [2.45, 2.75) is 64.8 Å². The predicted octanol–water partition coefficient (Wildman–Crippen LogP) is 3.60. The molecule has 4 nitrogen and oxygen atoms in total. The summed E-state index contributed by atoms with van der Waals surface area (Å²) >= 11 is 0. The number of aliphatic hydroxyl groups is 1. The number of hydrogen-bond donors (Lipinski definition) is 1. The van der Waals surface area contributed by atoms with Crippen molar-refractivity contribution in [2.75, 3.05) is 4.90 Å². The number of carbonyl (C=O) groups excluding carboxylic acids is 1. The third-order valence-electron chi connectivity index (χ3n) is 4.34. The van der Waals surface area contributed by atoms with E-state index < -0.39 is 5.72 Å². The van der Waals surface area contributed by atoms with Gasteiger partial charge in [-0.3, -0.25) is 4.90 Å². The monoisotopic (exact) mass is 290 g/mol. The van der Waals surface area contributed by atoms with Crippen LogP contribution in [0.2, 0.25) is 0 Å². The standard InChI is InChI=1S/C17H26N2O2/c1-6-13(2)18-15(20)19(14-10-8-7-9-11-14)17(5,21)12-16(18,3)4/h7-11,13,21H,6,12H2,1-5H3/t13-,17+/m1/s1. The summed E-state index contributed by atoms with van der Waals surface area (Å²) in [4.78, 5) is 16.5. The van der Waals surface area contributed by atoms with E-state index in [4.69, 9.17) is 0 Å². The number of benzene rings is 1. The highest BCUT2D eigenvalue weighted by Gasteiger charge is 2.51. The second kappa shape index (κ2) is 5.34. The maximum atomic E-state index is 13.0. The van der Waals surface area contributed by atoms with Gasteiger partial charge in [0.1, 0.15) is 5.72 Å². The number of para-hydroxylation sites is 1. The van der Waals surface area contributed by atoms with Gasteiger partial charge >= 0.3 is 6.03 Å². The van der Waals surface area contributed by atoms with Crippen LogP contribution in [0.25, 0.3) is 0 Å². The van der Waals surface area contributed by atoms with E-state index in [1.54, 1.807) is 6.92 Å². The summed E-state index contributed by atoms with van der Waals surface area (Å²) in [5.74, 6) is 0. The van der Waals surface area contributed by atoms with Crippen LogP contribution < -0.4 is 4.90 Å². The predicted molar refractivity (Wildman–Crippen MR) is 85.2 cm³/mol. The molecule has 0 aromatic heterocycles. The smallest absolute Gasteiger partial charge is 0.327 e. The fraction of sp³-hybridized carbons (Fsp3) is 0.588. The van der Waals surface area contributed by atoms with Gasteiger partial charge in [-0.25, -0.2) is 4.79 Å². The fourth-order valence-corrected chi connectivity index (χ4v) is 3.49. The molecule has 1 N–H and O–H groups in total. The summed E-state index contributed by atoms with van der Waals surface area (Å²) in [7, 11) is 0. The minimum absolute atomic E-state index is 0.128. The van der Waals surface area contributed by atoms with Crippen LogP contribution in [0.3, 0.4) is 0 Å². The highest BCUT2D eigenvalue weighted by molar-refractivity contribution is 5.94. The van der Waals surface area contributed by atoms with Crippen LogP contribution in [0.4, 0.5) is 10.5 Å². The first kappa shape index (κ1) is 15.8. The minimum Gasteiger partial charge on any atom is -0.371 e. The number of rotatable bonds is 3. The second-order valence-electron chi connectivity index (χ2n) is 6.79. The molecule has 1 aromatic rings. The first-order valence-corrected chi connectivity index (χ1v) is 7.61.